The van der Waals surface area contributed by atoms with Gasteiger partial charge in [0, 0.05) is 24.5 Å². The third-order valence-corrected chi connectivity index (χ3v) is 2.58. The van der Waals surface area contributed by atoms with Crippen molar-refractivity contribution in [2.75, 3.05) is 0 Å². The predicted octanol–water partition coefficient (Wildman–Crippen LogP) is 2.44. The Bertz CT molecular complexity index is 243. The maximum Gasteiger partial charge on any atom is 0.0560 e. The average Bonchev–Trinajstić information content (AvgIpc) is 2.67. The summed E-state index contributed by atoms with van der Waals surface area (Å²) in [5, 5.41) is 7.79. The highest BCUT2D eigenvalue weighted by atomic mass is 15.3. The summed E-state index contributed by atoms with van der Waals surface area (Å²) in [6.07, 6.45) is 7.68. The van der Waals surface area contributed by atoms with E-state index in [1.54, 1.807) is 0 Å². The van der Waals surface area contributed by atoms with Crippen molar-refractivity contribution in [1.82, 2.24) is 15.1 Å². The number of rotatable bonds is 7. The molecule has 0 saturated heterocycles. The zero-order chi connectivity index (χ0) is 11.1. The second-order valence-corrected chi connectivity index (χ2v) is 4.34. The van der Waals surface area contributed by atoms with Gasteiger partial charge in [-0.25, -0.2) is 0 Å². The zero-order valence-corrected chi connectivity index (χ0v) is 10.1. The van der Waals surface area contributed by atoms with E-state index in [0.29, 0.717) is 12.1 Å². The molecule has 1 N–H and O–H groups in total. The number of hydrogen-bond acceptors (Lipinski definition) is 2. The monoisotopic (exact) mass is 209 g/mol. The van der Waals surface area contributed by atoms with Crippen molar-refractivity contribution in [2.45, 2.75) is 58.7 Å². The molecule has 15 heavy (non-hydrogen) atoms. The molecule has 0 aliphatic carbocycles. The van der Waals surface area contributed by atoms with Crippen LogP contribution in [0.5, 0.6) is 0 Å². The first-order chi connectivity index (χ1) is 7.22. The van der Waals surface area contributed by atoms with Crippen LogP contribution in [0.3, 0.4) is 0 Å². The molecule has 1 aromatic rings. The first kappa shape index (κ1) is 12.2. The van der Waals surface area contributed by atoms with Crippen LogP contribution in [0, 0.1) is 0 Å². The Labute approximate surface area is 92.9 Å². The summed E-state index contributed by atoms with van der Waals surface area (Å²) in [5.74, 6) is 0. The van der Waals surface area contributed by atoms with Crippen molar-refractivity contribution in [1.29, 1.82) is 0 Å². The van der Waals surface area contributed by atoms with E-state index in [4.69, 9.17) is 0 Å². The molecule has 3 heteroatoms. The highest BCUT2D eigenvalue weighted by Gasteiger charge is 2.07. The average molecular weight is 209 g/mol. The number of nitrogens with one attached hydrogen (secondary N) is 1. The van der Waals surface area contributed by atoms with Crippen LogP contribution in [-0.4, -0.2) is 21.9 Å². The van der Waals surface area contributed by atoms with Crippen molar-refractivity contribution >= 4 is 0 Å². The summed E-state index contributed by atoms with van der Waals surface area (Å²) in [7, 11) is 0. The van der Waals surface area contributed by atoms with Crippen LogP contribution in [0.4, 0.5) is 0 Å². The standard InChI is InChI=1S/C12H23N3/c1-4-5-7-11(2)14-12(3)10-15-9-6-8-13-15/h6,8-9,11-12,14H,4-5,7,10H2,1-3H3. The summed E-state index contributed by atoms with van der Waals surface area (Å²) in [6, 6.07) is 3.06. The van der Waals surface area contributed by atoms with Crippen molar-refractivity contribution in [3.05, 3.63) is 18.5 Å². The Hall–Kier alpha value is -0.830. The molecule has 86 valence electrons. The van der Waals surface area contributed by atoms with Gasteiger partial charge in [-0.15, -0.1) is 0 Å². The first-order valence-corrected chi connectivity index (χ1v) is 5.95. The number of hydrogen-bond donors (Lipinski definition) is 1. The maximum absolute atomic E-state index is 4.20. The number of nitrogens with zero attached hydrogens (tertiary/aromatic N) is 2. The second-order valence-electron chi connectivity index (χ2n) is 4.34. The molecule has 3 nitrogen and oxygen atoms in total. The summed E-state index contributed by atoms with van der Waals surface area (Å²) in [6.45, 7) is 7.66. The summed E-state index contributed by atoms with van der Waals surface area (Å²) < 4.78 is 1.98. The lowest BCUT2D eigenvalue weighted by atomic mass is 10.1. The van der Waals surface area contributed by atoms with Gasteiger partial charge in [-0.2, -0.15) is 5.10 Å². The lowest BCUT2D eigenvalue weighted by molar-refractivity contribution is 0.389. The smallest absolute Gasteiger partial charge is 0.0560 e. The van der Waals surface area contributed by atoms with E-state index in [9.17, 15) is 0 Å². The van der Waals surface area contributed by atoms with Gasteiger partial charge in [0.2, 0.25) is 0 Å². The van der Waals surface area contributed by atoms with Crippen LogP contribution in [0.1, 0.15) is 40.0 Å². The molecule has 0 fully saturated rings. The highest BCUT2D eigenvalue weighted by Crippen LogP contribution is 2.01. The number of aromatic nitrogens is 2. The van der Waals surface area contributed by atoms with E-state index in [-0.39, 0.29) is 0 Å². The summed E-state index contributed by atoms with van der Waals surface area (Å²) in [5.41, 5.74) is 0. The lowest BCUT2D eigenvalue weighted by Gasteiger charge is -2.19. The van der Waals surface area contributed by atoms with Crippen molar-refractivity contribution in [2.24, 2.45) is 0 Å². The molecule has 2 atom stereocenters. The van der Waals surface area contributed by atoms with Crippen LogP contribution >= 0.6 is 0 Å². The normalized spacial score (nSPS) is 15.1. The minimum atomic E-state index is 0.483. The van der Waals surface area contributed by atoms with Gasteiger partial charge in [0.25, 0.3) is 0 Å². The van der Waals surface area contributed by atoms with E-state index in [1.807, 2.05) is 23.1 Å². The Balaban J connectivity index is 2.20. The van der Waals surface area contributed by atoms with E-state index < -0.39 is 0 Å². The van der Waals surface area contributed by atoms with Gasteiger partial charge < -0.3 is 5.32 Å². The molecular formula is C12H23N3. The van der Waals surface area contributed by atoms with Crippen LogP contribution < -0.4 is 5.32 Å². The van der Waals surface area contributed by atoms with Crippen molar-refractivity contribution < 1.29 is 0 Å². The zero-order valence-electron chi connectivity index (χ0n) is 10.1. The fraction of sp³-hybridized carbons (Fsp3) is 0.750. The molecule has 0 amide bonds. The molecule has 1 heterocycles. The first-order valence-electron chi connectivity index (χ1n) is 5.95. The SMILES string of the molecule is CCCCC(C)NC(C)Cn1cccn1. The quantitative estimate of drug-likeness (QED) is 0.747. The molecule has 0 spiro atoms. The van der Waals surface area contributed by atoms with Gasteiger partial charge in [-0.3, -0.25) is 4.68 Å². The Morgan fingerprint density at radius 3 is 2.73 bits per heavy atom. The van der Waals surface area contributed by atoms with E-state index in [2.05, 4.69) is 31.2 Å². The summed E-state index contributed by atoms with van der Waals surface area (Å²) in [4.78, 5) is 0. The van der Waals surface area contributed by atoms with E-state index in [0.717, 1.165) is 6.54 Å². The minimum absolute atomic E-state index is 0.483. The van der Waals surface area contributed by atoms with Crippen LogP contribution in [0.15, 0.2) is 18.5 Å². The maximum atomic E-state index is 4.20. The van der Waals surface area contributed by atoms with Gasteiger partial charge >= 0.3 is 0 Å². The van der Waals surface area contributed by atoms with Crippen molar-refractivity contribution in [3.63, 3.8) is 0 Å². The largest absolute Gasteiger partial charge is 0.310 e. The fourth-order valence-electron chi connectivity index (χ4n) is 1.82. The second kappa shape index (κ2) is 6.62. The van der Waals surface area contributed by atoms with Gasteiger partial charge in [-0.1, -0.05) is 19.8 Å². The van der Waals surface area contributed by atoms with Gasteiger partial charge in [0.05, 0.1) is 6.54 Å². The van der Waals surface area contributed by atoms with Crippen LogP contribution in [0.25, 0.3) is 0 Å². The molecular weight excluding hydrogens is 186 g/mol. The summed E-state index contributed by atoms with van der Waals surface area (Å²) >= 11 is 0. The molecule has 0 aliphatic rings. The molecule has 0 aliphatic heterocycles. The third kappa shape index (κ3) is 4.98. The van der Waals surface area contributed by atoms with Gasteiger partial charge in [0.1, 0.15) is 0 Å². The van der Waals surface area contributed by atoms with Crippen LogP contribution in [0.2, 0.25) is 0 Å². The Kier molecular flexibility index (Phi) is 5.40. The highest BCUT2D eigenvalue weighted by molar-refractivity contribution is 4.79. The fourth-order valence-corrected chi connectivity index (χ4v) is 1.82. The van der Waals surface area contributed by atoms with Gasteiger partial charge in [0.15, 0.2) is 0 Å². The molecule has 0 aromatic carbocycles. The molecule has 0 saturated carbocycles. The Morgan fingerprint density at radius 2 is 2.13 bits per heavy atom. The predicted molar refractivity (Wildman–Crippen MR) is 63.8 cm³/mol. The van der Waals surface area contributed by atoms with E-state index >= 15 is 0 Å². The molecule has 1 rings (SSSR count). The van der Waals surface area contributed by atoms with E-state index in [1.165, 1.54) is 19.3 Å². The Morgan fingerprint density at radius 1 is 1.33 bits per heavy atom. The topological polar surface area (TPSA) is 29.9 Å². The van der Waals surface area contributed by atoms with Gasteiger partial charge in [-0.05, 0) is 26.3 Å². The molecule has 0 radical (unpaired) electrons. The lowest BCUT2D eigenvalue weighted by Crippen LogP contribution is -2.37. The molecule has 0 bridgehead atoms. The minimum Gasteiger partial charge on any atom is -0.310 e. The molecule has 2 unspecified atom stereocenters. The third-order valence-electron chi connectivity index (χ3n) is 2.58. The van der Waals surface area contributed by atoms with Crippen molar-refractivity contribution in [3.8, 4) is 0 Å². The molecule has 1 aromatic heterocycles. The number of unbranched alkanes of at least 4 members (excludes halogenated alkanes) is 1. The van der Waals surface area contributed by atoms with Crippen LogP contribution in [-0.2, 0) is 6.54 Å².